The van der Waals surface area contributed by atoms with E-state index in [9.17, 15) is 4.79 Å². The first-order chi connectivity index (χ1) is 3.77. The lowest BCUT2D eigenvalue weighted by Crippen LogP contribution is -2.12. The Morgan fingerprint density at radius 1 is 2.00 bits per heavy atom. The number of nitrogens with one attached hydrogen (secondary N) is 1. The molecule has 0 aliphatic rings. The van der Waals surface area contributed by atoms with Crippen molar-refractivity contribution in [1.29, 1.82) is 0 Å². The Morgan fingerprint density at radius 3 is 3.00 bits per heavy atom. The third-order valence-corrected chi connectivity index (χ3v) is 0.432. The van der Waals surface area contributed by atoms with Crippen LogP contribution in [0.25, 0.3) is 0 Å². The minimum absolute atomic E-state index is 0.342. The highest BCUT2D eigenvalue weighted by Crippen LogP contribution is 1.82. The van der Waals surface area contributed by atoms with E-state index in [0.717, 1.165) is 5.57 Å². The summed E-state index contributed by atoms with van der Waals surface area (Å²) >= 11 is 0. The maximum atomic E-state index is 9.40. The van der Waals surface area contributed by atoms with Gasteiger partial charge in [0.25, 0.3) is 0 Å². The molecule has 0 rings (SSSR count). The van der Waals surface area contributed by atoms with E-state index in [2.05, 4.69) is 11.4 Å². The van der Waals surface area contributed by atoms with Crippen molar-refractivity contribution < 1.29 is 9.63 Å². The SMILES string of the molecule is C=C(C)CON[C]=O. The normalized spacial score (nSPS) is 8.12. The van der Waals surface area contributed by atoms with Gasteiger partial charge in [0.05, 0.1) is 6.61 Å². The molecule has 1 amide bonds. The summed E-state index contributed by atoms with van der Waals surface area (Å²) in [6, 6.07) is 0. The molecule has 3 nitrogen and oxygen atoms in total. The molecule has 0 heterocycles. The Bertz CT molecular complexity index is 90.4. The Kier molecular flexibility index (Phi) is 3.88. The van der Waals surface area contributed by atoms with Gasteiger partial charge in [-0.25, -0.2) is 5.48 Å². The quantitative estimate of drug-likeness (QED) is 0.244. The molecule has 0 saturated carbocycles. The highest BCUT2D eigenvalue weighted by molar-refractivity contribution is 5.44. The smallest absolute Gasteiger partial charge is 0.269 e. The Balaban J connectivity index is 2.93. The predicted octanol–water partition coefficient (Wildman–Crippen LogP) is 0.151. The molecular formula is C5H8NO2. The van der Waals surface area contributed by atoms with Crippen LogP contribution in [0.2, 0.25) is 0 Å². The minimum Gasteiger partial charge on any atom is -0.269 e. The third-order valence-electron chi connectivity index (χ3n) is 0.432. The van der Waals surface area contributed by atoms with Crippen LogP contribution in [0.4, 0.5) is 0 Å². The molecule has 0 aliphatic carbocycles. The van der Waals surface area contributed by atoms with Gasteiger partial charge in [-0.15, -0.1) is 0 Å². The maximum Gasteiger partial charge on any atom is 0.335 e. The molecule has 45 valence electrons. The van der Waals surface area contributed by atoms with Crippen LogP contribution in [0, 0.1) is 0 Å². The van der Waals surface area contributed by atoms with Crippen LogP contribution in [0.5, 0.6) is 0 Å². The van der Waals surface area contributed by atoms with E-state index in [0.29, 0.717) is 6.61 Å². The number of amides is 1. The fourth-order valence-corrected chi connectivity index (χ4v) is 0.189. The number of rotatable bonds is 4. The van der Waals surface area contributed by atoms with Crippen molar-refractivity contribution in [3.05, 3.63) is 12.2 Å². The van der Waals surface area contributed by atoms with Gasteiger partial charge in [-0.2, -0.15) is 0 Å². The molecule has 3 heteroatoms. The molecule has 8 heavy (non-hydrogen) atoms. The second kappa shape index (κ2) is 4.33. The summed E-state index contributed by atoms with van der Waals surface area (Å²) in [5.41, 5.74) is 2.77. The lowest BCUT2D eigenvalue weighted by Gasteiger charge is -1.95. The molecular weight excluding hydrogens is 106 g/mol. The number of hydrogen-bond donors (Lipinski definition) is 1. The topological polar surface area (TPSA) is 38.3 Å². The predicted molar refractivity (Wildman–Crippen MR) is 29.6 cm³/mol. The van der Waals surface area contributed by atoms with E-state index in [1.165, 1.54) is 6.41 Å². The molecule has 0 atom stereocenters. The average molecular weight is 114 g/mol. The van der Waals surface area contributed by atoms with Gasteiger partial charge in [0, 0.05) is 0 Å². The van der Waals surface area contributed by atoms with Crippen molar-refractivity contribution in [3.8, 4) is 0 Å². The number of hydrogen-bond acceptors (Lipinski definition) is 2. The van der Waals surface area contributed by atoms with E-state index in [1.54, 1.807) is 6.92 Å². The van der Waals surface area contributed by atoms with Gasteiger partial charge in [0.1, 0.15) is 0 Å². The summed E-state index contributed by atoms with van der Waals surface area (Å²) in [6.45, 7) is 5.67. The average Bonchev–Trinajstić information content (AvgIpc) is 1.66. The van der Waals surface area contributed by atoms with E-state index < -0.39 is 0 Å². The molecule has 0 aromatic rings. The van der Waals surface area contributed by atoms with Gasteiger partial charge in [0.15, 0.2) is 0 Å². The molecule has 0 saturated heterocycles. The Morgan fingerprint density at radius 2 is 2.62 bits per heavy atom. The molecule has 0 fully saturated rings. The summed E-state index contributed by atoms with van der Waals surface area (Å²) in [6.07, 6.45) is 1.36. The zero-order valence-electron chi connectivity index (χ0n) is 4.73. The lowest BCUT2D eigenvalue weighted by atomic mass is 10.4. The van der Waals surface area contributed by atoms with Crippen LogP contribution in [0.1, 0.15) is 6.92 Å². The van der Waals surface area contributed by atoms with Crippen molar-refractivity contribution in [1.82, 2.24) is 5.48 Å². The van der Waals surface area contributed by atoms with Gasteiger partial charge in [0.2, 0.25) is 0 Å². The van der Waals surface area contributed by atoms with Crippen LogP contribution in [-0.4, -0.2) is 13.0 Å². The molecule has 0 aromatic carbocycles. The van der Waals surface area contributed by atoms with Gasteiger partial charge in [-0.1, -0.05) is 12.2 Å². The molecule has 1 radical (unpaired) electrons. The molecule has 0 aromatic heterocycles. The summed E-state index contributed by atoms with van der Waals surface area (Å²) in [5, 5.41) is 0. The Hall–Kier alpha value is -0.830. The van der Waals surface area contributed by atoms with Crippen molar-refractivity contribution >= 4 is 6.41 Å². The highest BCUT2D eigenvalue weighted by atomic mass is 16.6. The second-order valence-corrected chi connectivity index (χ2v) is 1.45. The van der Waals surface area contributed by atoms with Crippen LogP contribution >= 0.6 is 0 Å². The monoisotopic (exact) mass is 114 g/mol. The first-order valence-electron chi connectivity index (χ1n) is 2.15. The van der Waals surface area contributed by atoms with Crippen molar-refractivity contribution in [3.63, 3.8) is 0 Å². The number of hydroxylamine groups is 1. The fraction of sp³-hybridized carbons (Fsp3) is 0.400. The molecule has 0 unspecified atom stereocenters. The fourth-order valence-electron chi connectivity index (χ4n) is 0.189. The van der Waals surface area contributed by atoms with Gasteiger partial charge >= 0.3 is 6.41 Å². The van der Waals surface area contributed by atoms with Gasteiger partial charge < -0.3 is 0 Å². The standard InChI is InChI=1S/C5H8NO2/c1-5(2)3-8-6-4-7/h1,3H2,2H3,(H,6,7). The zero-order chi connectivity index (χ0) is 6.41. The van der Waals surface area contributed by atoms with E-state index in [-0.39, 0.29) is 0 Å². The highest BCUT2D eigenvalue weighted by Gasteiger charge is 1.82. The largest absolute Gasteiger partial charge is 0.335 e. The Labute approximate surface area is 48.3 Å². The maximum absolute atomic E-state index is 9.40. The van der Waals surface area contributed by atoms with Crippen LogP contribution in [0.15, 0.2) is 12.2 Å². The molecule has 1 N–H and O–H groups in total. The molecule has 0 aliphatic heterocycles. The lowest BCUT2D eigenvalue weighted by molar-refractivity contribution is 0.102. The number of carbonyl (C=O) groups excluding carboxylic acids is 1. The van der Waals surface area contributed by atoms with Gasteiger partial charge in [-0.05, 0) is 6.92 Å². The third kappa shape index (κ3) is 5.17. The van der Waals surface area contributed by atoms with Crippen molar-refractivity contribution in [2.45, 2.75) is 6.92 Å². The van der Waals surface area contributed by atoms with E-state index >= 15 is 0 Å². The molecule has 0 bridgehead atoms. The summed E-state index contributed by atoms with van der Waals surface area (Å²) in [5.74, 6) is 0. The molecule has 0 spiro atoms. The second-order valence-electron chi connectivity index (χ2n) is 1.45. The van der Waals surface area contributed by atoms with Gasteiger partial charge in [-0.3, -0.25) is 9.63 Å². The summed E-state index contributed by atoms with van der Waals surface area (Å²) in [7, 11) is 0. The van der Waals surface area contributed by atoms with Crippen LogP contribution < -0.4 is 5.48 Å². The summed E-state index contributed by atoms with van der Waals surface area (Å²) in [4.78, 5) is 13.9. The van der Waals surface area contributed by atoms with Crippen LogP contribution in [-0.2, 0) is 9.63 Å². The van der Waals surface area contributed by atoms with Crippen molar-refractivity contribution in [2.24, 2.45) is 0 Å². The first kappa shape index (κ1) is 7.17. The summed E-state index contributed by atoms with van der Waals surface area (Å²) < 4.78 is 0. The minimum atomic E-state index is 0.342. The first-order valence-corrected chi connectivity index (χ1v) is 2.15. The van der Waals surface area contributed by atoms with E-state index in [1.807, 2.05) is 5.48 Å². The van der Waals surface area contributed by atoms with E-state index in [4.69, 9.17) is 0 Å². The zero-order valence-corrected chi connectivity index (χ0v) is 4.73. The van der Waals surface area contributed by atoms with Crippen molar-refractivity contribution in [2.75, 3.05) is 6.61 Å². The van der Waals surface area contributed by atoms with Crippen LogP contribution in [0.3, 0.4) is 0 Å².